The molecular weight excluding hydrogens is 229 g/mol. The molecule has 4 heteroatoms. The predicted octanol–water partition coefficient (Wildman–Crippen LogP) is 3.08. The maximum Gasteiger partial charge on any atom is 0.141 e. The zero-order valence-electron chi connectivity index (χ0n) is 9.80. The molecule has 0 atom stereocenters. The number of hydrogen-bond donors (Lipinski definition) is 1. The first-order valence-corrected chi connectivity index (χ1v) is 5.56. The number of aliphatic hydroxyl groups is 1. The van der Waals surface area contributed by atoms with E-state index < -0.39 is 5.82 Å². The molecule has 0 saturated carbocycles. The molecule has 90 valence electrons. The smallest absolute Gasteiger partial charge is 0.141 e. The summed E-state index contributed by atoms with van der Waals surface area (Å²) in [5, 5.41) is 9.10. The Labute approximate surface area is 101 Å². The number of nitrogens with zero attached hydrogens (tertiary/aromatic N) is 1. The van der Waals surface area contributed by atoms with Crippen molar-refractivity contribution in [2.45, 2.75) is 25.8 Å². The molecule has 16 heavy (non-hydrogen) atoms. The van der Waals surface area contributed by atoms with Gasteiger partial charge in [-0.2, -0.15) is 0 Å². The molecule has 0 spiro atoms. The standard InChI is InChI=1S/C12H17ClFNO/c1-12(2,6-7-16)15(3)9-4-5-11(14)10(13)8-9/h4-5,8,16H,6-7H2,1-3H3. The Morgan fingerprint density at radius 3 is 2.56 bits per heavy atom. The highest BCUT2D eigenvalue weighted by molar-refractivity contribution is 6.31. The first-order valence-electron chi connectivity index (χ1n) is 5.18. The van der Waals surface area contributed by atoms with E-state index in [1.807, 2.05) is 25.8 Å². The summed E-state index contributed by atoms with van der Waals surface area (Å²) in [4.78, 5) is 1.98. The van der Waals surface area contributed by atoms with Crippen LogP contribution in [0.1, 0.15) is 20.3 Å². The van der Waals surface area contributed by atoms with Gasteiger partial charge in [0.15, 0.2) is 0 Å². The Hall–Kier alpha value is -0.800. The first-order chi connectivity index (χ1) is 7.38. The lowest BCUT2D eigenvalue weighted by Gasteiger charge is -2.37. The van der Waals surface area contributed by atoms with Crippen LogP contribution in [0.15, 0.2) is 18.2 Å². The van der Waals surface area contributed by atoms with Gasteiger partial charge in [0.05, 0.1) is 5.02 Å². The second-order valence-corrected chi connectivity index (χ2v) is 4.85. The van der Waals surface area contributed by atoms with E-state index in [9.17, 15) is 4.39 Å². The SMILES string of the molecule is CN(c1ccc(F)c(Cl)c1)C(C)(C)CCO. The Kier molecular flexibility index (Phi) is 4.16. The van der Waals surface area contributed by atoms with E-state index in [4.69, 9.17) is 16.7 Å². The maximum absolute atomic E-state index is 13.0. The molecule has 0 radical (unpaired) electrons. The lowest BCUT2D eigenvalue weighted by atomic mass is 9.98. The highest BCUT2D eigenvalue weighted by Gasteiger charge is 2.23. The zero-order valence-corrected chi connectivity index (χ0v) is 10.6. The Bertz CT molecular complexity index is 368. The number of benzene rings is 1. The Morgan fingerprint density at radius 2 is 2.06 bits per heavy atom. The van der Waals surface area contributed by atoms with Crippen molar-refractivity contribution in [1.82, 2.24) is 0 Å². The van der Waals surface area contributed by atoms with Crippen molar-refractivity contribution in [2.24, 2.45) is 0 Å². The number of hydrogen-bond acceptors (Lipinski definition) is 2. The van der Waals surface area contributed by atoms with Gasteiger partial charge in [0.2, 0.25) is 0 Å². The minimum atomic E-state index is -0.418. The maximum atomic E-state index is 13.0. The van der Waals surface area contributed by atoms with Gasteiger partial charge >= 0.3 is 0 Å². The molecule has 0 aliphatic carbocycles. The van der Waals surface area contributed by atoms with Gasteiger partial charge in [-0.25, -0.2) is 4.39 Å². The third-order valence-corrected chi connectivity index (χ3v) is 3.21. The topological polar surface area (TPSA) is 23.5 Å². The largest absolute Gasteiger partial charge is 0.396 e. The van der Waals surface area contributed by atoms with Gasteiger partial charge in [-0.15, -0.1) is 0 Å². The Morgan fingerprint density at radius 1 is 1.44 bits per heavy atom. The van der Waals surface area contributed by atoms with Crippen LogP contribution in [-0.4, -0.2) is 24.3 Å². The fraction of sp³-hybridized carbons (Fsp3) is 0.500. The van der Waals surface area contributed by atoms with E-state index in [1.54, 1.807) is 12.1 Å². The average Bonchev–Trinajstić information content (AvgIpc) is 2.21. The van der Waals surface area contributed by atoms with Crippen molar-refractivity contribution in [2.75, 3.05) is 18.6 Å². The van der Waals surface area contributed by atoms with Crippen LogP contribution < -0.4 is 4.90 Å². The van der Waals surface area contributed by atoms with Crippen LogP contribution in [-0.2, 0) is 0 Å². The zero-order chi connectivity index (χ0) is 12.3. The van der Waals surface area contributed by atoms with E-state index in [0.29, 0.717) is 6.42 Å². The monoisotopic (exact) mass is 245 g/mol. The minimum Gasteiger partial charge on any atom is -0.396 e. The van der Waals surface area contributed by atoms with Gasteiger partial charge in [0.25, 0.3) is 0 Å². The molecule has 0 aliphatic heterocycles. The molecule has 0 aliphatic rings. The average molecular weight is 246 g/mol. The van der Waals surface area contributed by atoms with Crippen molar-refractivity contribution in [3.8, 4) is 0 Å². The van der Waals surface area contributed by atoms with Gasteiger partial charge in [0.1, 0.15) is 5.82 Å². The van der Waals surface area contributed by atoms with Gasteiger partial charge in [0, 0.05) is 24.9 Å². The van der Waals surface area contributed by atoms with E-state index in [2.05, 4.69) is 0 Å². The molecule has 0 amide bonds. The third-order valence-electron chi connectivity index (χ3n) is 2.92. The molecule has 0 saturated heterocycles. The molecule has 1 aromatic carbocycles. The van der Waals surface area contributed by atoms with Crippen LogP contribution >= 0.6 is 11.6 Å². The molecular formula is C12H17ClFNO. The van der Waals surface area contributed by atoms with Crippen LogP contribution in [0.2, 0.25) is 5.02 Å². The van der Waals surface area contributed by atoms with Crippen LogP contribution in [0.25, 0.3) is 0 Å². The molecule has 2 nitrogen and oxygen atoms in total. The van der Waals surface area contributed by atoms with Crippen LogP contribution in [0.4, 0.5) is 10.1 Å². The number of rotatable bonds is 4. The lowest BCUT2D eigenvalue weighted by Crippen LogP contribution is -2.42. The number of halogens is 2. The van der Waals surface area contributed by atoms with Crippen LogP contribution in [0, 0.1) is 5.82 Å². The minimum absolute atomic E-state index is 0.115. The number of anilines is 1. The van der Waals surface area contributed by atoms with Gasteiger partial charge in [-0.3, -0.25) is 0 Å². The molecule has 1 aromatic rings. The van der Waals surface area contributed by atoms with Crippen LogP contribution in [0.5, 0.6) is 0 Å². The van der Waals surface area contributed by atoms with Crippen molar-refractivity contribution in [3.63, 3.8) is 0 Å². The van der Waals surface area contributed by atoms with Gasteiger partial charge < -0.3 is 10.0 Å². The van der Waals surface area contributed by atoms with E-state index in [1.165, 1.54) is 6.07 Å². The fourth-order valence-electron chi connectivity index (χ4n) is 1.48. The summed E-state index contributed by atoms with van der Waals surface area (Å²) in [6.07, 6.45) is 0.637. The van der Waals surface area contributed by atoms with Crippen molar-refractivity contribution < 1.29 is 9.50 Å². The quantitative estimate of drug-likeness (QED) is 0.881. The predicted molar refractivity (Wildman–Crippen MR) is 65.6 cm³/mol. The molecule has 0 unspecified atom stereocenters. The molecule has 1 N–H and O–H groups in total. The molecule has 0 fully saturated rings. The second-order valence-electron chi connectivity index (χ2n) is 4.44. The van der Waals surface area contributed by atoms with E-state index in [-0.39, 0.29) is 17.2 Å². The lowest BCUT2D eigenvalue weighted by molar-refractivity contribution is 0.250. The van der Waals surface area contributed by atoms with E-state index in [0.717, 1.165) is 5.69 Å². The van der Waals surface area contributed by atoms with Crippen molar-refractivity contribution >= 4 is 17.3 Å². The van der Waals surface area contributed by atoms with Gasteiger partial charge in [-0.1, -0.05) is 11.6 Å². The fourth-order valence-corrected chi connectivity index (χ4v) is 1.66. The van der Waals surface area contributed by atoms with Crippen LogP contribution in [0.3, 0.4) is 0 Å². The summed E-state index contributed by atoms with van der Waals surface area (Å²) in [6, 6.07) is 4.62. The van der Waals surface area contributed by atoms with Gasteiger partial charge in [-0.05, 0) is 38.5 Å². The molecule has 0 heterocycles. The summed E-state index contributed by atoms with van der Waals surface area (Å²) in [6.45, 7) is 4.15. The highest BCUT2D eigenvalue weighted by Crippen LogP contribution is 2.28. The normalized spacial score (nSPS) is 11.6. The third kappa shape index (κ3) is 2.86. The van der Waals surface area contributed by atoms with Crippen molar-refractivity contribution in [1.29, 1.82) is 0 Å². The molecule has 0 aromatic heterocycles. The van der Waals surface area contributed by atoms with Crippen molar-refractivity contribution in [3.05, 3.63) is 29.0 Å². The second kappa shape index (κ2) is 5.02. The highest BCUT2D eigenvalue weighted by atomic mass is 35.5. The summed E-state index contributed by atoms with van der Waals surface area (Å²) in [7, 11) is 1.90. The Balaban J connectivity index is 2.95. The summed E-state index contributed by atoms with van der Waals surface area (Å²) in [5.74, 6) is -0.418. The number of aliphatic hydroxyl groups excluding tert-OH is 1. The summed E-state index contributed by atoms with van der Waals surface area (Å²) in [5.41, 5.74) is 0.639. The van der Waals surface area contributed by atoms with E-state index >= 15 is 0 Å². The first kappa shape index (κ1) is 13.3. The molecule has 1 rings (SSSR count). The summed E-state index contributed by atoms with van der Waals surface area (Å²) < 4.78 is 13.0. The molecule has 0 bridgehead atoms. The summed E-state index contributed by atoms with van der Waals surface area (Å²) >= 11 is 5.73.